The second kappa shape index (κ2) is 2.60. The zero-order valence-electron chi connectivity index (χ0n) is 6.12. The Balaban J connectivity index is 2.11. The second-order valence-corrected chi connectivity index (χ2v) is 2.85. The molecule has 1 aliphatic carbocycles. The number of hydrogen-bond donors (Lipinski definition) is 3. The molecule has 0 saturated heterocycles. The van der Waals surface area contributed by atoms with Gasteiger partial charge in [0.2, 0.25) is 0 Å². The Morgan fingerprint density at radius 2 is 2.55 bits per heavy atom. The minimum Gasteiger partial charge on any atom is -0.271 e. The van der Waals surface area contributed by atoms with Crippen LogP contribution in [0.15, 0.2) is 6.33 Å². The largest absolute Gasteiger partial charge is 0.271 e. The van der Waals surface area contributed by atoms with Gasteiger partial charge in [-0.15, -0.1) is 0 Å². The van der Waals surface area contributed by atoms with Crippen molar-refractivity contribution in [3.8, 4) is 0 Å². The Morgan fingerprint density at radius 3 is 3.00 bits per heavy atom. The van der Waals surface area contributed by atoms with Crippen LogP contribution < -0.4 is 11.3 Å². The maximum Gasteiger partial charge on any atom is 0.143 e. The third-order valence-electron chi connectivity index (χ3n) is 2.00. The normalized spacial score (nSPS) is 20.1. The number of nitrogens with zero attached hydrogens (tertiary/aromatic N) is 2. The number of nitrogens with one attached hydrogen (secondary N) is 2. The maximum absolute atomic E-state index is 5.37. The maximum atomic E-state index is 5.37. The first kappa shape index (κ1) is 6.75. The first-order valence-corrected chi connectivity index (χ1v) is 3.73. The molecule has 11 heavy (non-hydrogen) atoms. The van der Waals surface area contributed by atoms with Crippen LogP contribution in [0, 0.1) is 5.92 Å². The molecule has 0 radical (unpaired) electrons. The first-order valence-electron chi connectivity index (χ1n) is 3.73. The highest BCUT2D eigenvalue weighted by Gasteiger charge is 2.33. The van der Waals surface area contributed by atoms with Gasteiger partial charge in [-0.2, -0.15) is 5.10 Å². The minimum atomic E-state index is 0.164. The average Bonchev–Trinajstić information content (AvgIpc) is 2.68. The van der Waals surface area contributed by atoms with Gasteiger partial charge in [-0.25, -0.2) is 10.4 Å². The van der Waals surface area contributed by atoms with Crippen molar-refractivity contribution in [1.82, 2.24) is 20.6 Å². The molecule has 1 heterocycles. The number of nitrogens with two attached hydrogens (primary N) is 1. The molecule has 60 valence electrons. The van der Waals surface area contributed by atoms with E-state index in [4.69, 9.17) is 5.84 Å². The lowest BCUT2D eigenvalue weighted by atomic mass is 10.2. The number of H-pyrrole nitrogens is 1. The number of hydrazine groups is 1. The van der Waals surface area contributed by atoms with E-state index in [0.29, 0.717) is 5.92 Å². The third kappa shape index (κ3) is 1.24. The number of rotatable bonds is 3. The van der Waals surface area contributed by atoms with E-state index in [1.165, 1.54) is 19.2 Å². The summed E-state index contributed by atoms with van der Waals surface area (Å²) in [6, 6.07) is 0.164. The Hall–Kier alpha value is -0.940. The Labute approximate surface area is 64.4 Å². The molecule has 5 heteroatoms. The predicted molar refractivity (Wildman–Crippen MR) is 39.2 cm³/mol. The van der Waals surface area contributed by atoms with Crippen LogP contribution in [-0.2, 0) is 0 Å². The van der Waals surface area contributed by atoms with Crippen molar-refractivity contribution in [3.05, 3.63) is 12.2 Å². The SMILES string of the molecule is NNC(c1ncn[nH]1)C1CC1. The molecule has 0 aliphatic heterocycles. The van der Waals surface area contributed by atoms with E-state index in [1.807, 2.05) is 0 Å². The highest BCUT2D eigenvalue weighted by atomic mass is 15.3. The highest BCUT2D eigenvalue weighted by molar-refractivity contribution is 4.98. The molecule has 2 rings (SSSR count). The van der Waals surface area contributed by atoms with Crippen LogP contribution in [0.2, 0.25) is 0 Å². The number of aromatic amines is 1. The molecular formula is C6H11N5. The number of hydrogen-bond acceptors (Lipinski definition) is 4. The Morgan fingerprint density at radius 1 is 1.73 bits per heavy atom. The van der Waals surface area contributed by atoms with Crippen LogP contribution >= 0.6 is 0 Å². The molecule has 1 fully saturated rings. The molecule has 4 N–H and O–H groups in total. The monoisotopic (exact) mass is 153 g/mol. The average molecular weight is 153 g/mol. The van der Waals surface area contributed by atoms with E-state index in [-0.39, 0.29) is 6.04 Å². The van der Waals surface area contributed by atoms with Crippen molar-refractivity contribution in [3.63, 3.8) is 0 Å². The van der Waals surface area contributed by atoms with Crippen LogP contribution in [0.25, 0.3) is 0 Å². The van der Waals surface area contributed by atoms with Crippen molar-refractivity contribution in [2.24, 2.45) is 11.8 Å². The van der Waals surface area contributed by atoms with Gasteiger partial charge in [-0.3, -0.25) is 10.9 Å². The Kier molecular flexibility index (Phi) is 1.59. The standard InChI is InChI=1S/C6H11N5/c7-10-5(4-1-2-4)6-8-3-9-11-6/h3-5,10H,1-2,7H2,(H,8,9,11). The molecule has 1 aliphatic rings. The van der Waals surface area contributed by atoms with Crippen LogP contribution in [0.1, 0.15) is 24.7 Å². The molecular weight excluding hydrogens is 142 g/mol. The van der Waals surface area contributed by atoms with Crippen LogP contribution in [0.4, 0.5) is 0 Å². The van der Waals surface area contributed by atoms with E-state index >= 15 is 0 Å². The molecule has 1 unspecified atom stereocenters. The van der Waals surface area contributed by atoms with Crippen LogP contribution in [-0.4, -0.2) is 15.2 Å². The van der Waals surface area contributed by atoms with Gasteiger partial charge in [0.05, 0.1) is 6.04 Å². The molecule has 1 aromatic rings. The van der Waals surface area contributed by atoms with Gasteiger partial charge in [0.15, 0.2) is 0 Å². The summed E-state index contributed by atoms with van der Waals surface area (Å²) in [5.74, 6) is 6.86. The summed E-state index contributed by atoms with van der Waals surface area (Å²) in [6.45, 7) is 0. The molecule has 5 nitrogen and oxygen atoms in total. The fraction of sp³-hybridized carbons (Fsp3) is 0.667. The third-order valence-corrected chi connectivity index (χ3v) is 2.00. The first-order chi connectivity index (χ1) is 5.42. The van der Waals surface area contributed by atoms with Crippen molar-refractivity contribution >= 4 is 0 Å². The molecule has 0 aromatic carbocycles. The summed E-state index contributed by atoms with van der Waals surface area (Å²) in [6.07, 6.45) is 3.97. The van der Waals surface area contributed by atoms with Gasteiger partial charge in [0.1, 0.15) is 12.2 Å². The quantitative estimate of drug-likeness (QED) is 0.412. The van der Waals surface area contributed by atoms with E-state index in [2.05, 4.69) is 20.6 Å². The van der Waals surface area contributed by atoms with Crippen molar-refractivity contribution < 1.29 is 0 Å². The topological polar surface area (TPSA) is 79.6 Å². The summed E-state index contributed by atoms with van der Waals surface area (Å²) >= 11 is 0. The van der Waals surface area contributed by atoms with Gasteiger partial charge in [-0.05, 0) is 18.8 Å². The summed E-state index contributed by atoms with van der Waals surface area (Å²) in [5.41, 5.74) is 2.73. The predicted octanol–water partition coefficient (Wildman–Crippen LogP) is -0.281. The summed E-state index contributed by atoms with van der Waals surface area (Å²) in [5, 5.41) is 6.58. The van der Waals surface area contributed by atoms with Crippen LogP contribution in [0.5, 0.6) is 0 Å². The number of aromatic nitrogens is 3. The van der Waals surface area contributed by atoms with Gasteiger partial charge in [0.25, 0.3) is 0 Å². The van der Waals surface area contributed by atoms with Crippen molar-refractivity contribution in [2.75, 3.05) is 0 Å². The smallest absolute Gasteiger partial charge is 0.143 e. The van der Waals surface area contributed by atoms with Gasteiger partial charge < -0.3 is 0 Å². The highest BCUT2D eigenvalue weighted by Crippen LogP contribution is 2.39. The van der Waals surface area contributed by atoms with E-state index < -0.39 is 0 Å². The summed E-state index contributed by atoms with van der Waals surface area (Å²) in [4.78, 5) is 4.04. The minimum absolute atomic E-state index is 0.164. The van der Waals surface area contributed by atoms with Gasteiger partial charge in [0, 0.05) is 0 Å². The second-order valence-electron chi connectivity index (χ2n) is 2.85. The lowest BCUT2D eigenvalue weighted by Crippen LogP contribution is -2.30. The van der Waals surface area contributed by atoms with E-state index in [9.17, 15) is 0 Å². The molecule has 1 atom stereocenters. The van der Waals surface area contributed by atoms with Crippen molar-refractivity contribution in [2.45, 2.75) is 18.9 Å². The zero-order valence-corrected chi connectivity index (χ0v) is 6.12. The fourth-order valence-electron chi connectivity index (χ4n) is 1.23. The van der Waals surface area contributed by atoms with E-state index in [0.717, 1.165) is 5.82 Å². The molecule has 0 spiro atoms. The molecule has 0 amide bonds. The van der Waals surface area contributed by atoms with Crippen molar-refractivity contribution in [1.29, 1.82) is 0 Å². The van der Waals surface area contributed by atoms with Gasteiger partial charge in [-0.1, -0.05) is 0 Å². The lowest BCUT2D eigenvalue weighted by molar-refractivity contribution is 0.473. The molecule has 1 aromatic heterocycles. The lowest BCUT2D eigenvalue weighted by Gasteiger charge is -2.09. The molecule has 1 saturated carbocycles. The summed E-state index contributed by atoms with van der Waals surface area (Å²) < 4.78 is 0. The van der Waals surface area contributed by atoms with Crippen LogP contribution in [0.3, 0.4) is 0 Å². The van der Waals surface area contributed by atoms with E-state index in [1.54, 1.807) is 0 Å². The molecule has 0 bridgehead atoms. The Bertz CT molecular complexity index is 215. The van der Waals surface area contributed by atoms with Gasteiger partial charge >= 0.3 is 0 Å². The zero-order chi connectivity index (χ0) is 7.68. The summed E-state index contributed by atoms with van der Waals surface area (Å²) in [7, 11) is 0. The fourth-order valence-corrected chi connectivity index (χ4v) is 1.23.